The number of carbonyl (C=O) groups is 3. The van der Waals surface area contributed by atoms with Gasteiger partial charge in [-0.15, -0.1) is 0 Å². The van der Waals surface area contributed by atoms with E-state index in [0.29, 0.717) is 19.3 Å². The Kier molecular flexibility index (Phi) is 42.3. The van der Waals surface area contributed by atoms with Crippen LogP contribution in [0.2, 0.25) is 0 Å². The average Bonchev–Trinajstić information content (AvgIpc) is 3.21. The summed E-state index contributed by atoms with van der Waals surface area (Å²) in [7, 11) is 0. The van der Waals surface area contributed by atoms with Crippen LogP contribution in [0.15, 0.2) is 0 Å². The lowest BCUT2D eigenvalue weighted by atomic mass is 9.99. The largest absolute Gasteiger partial charge is 0.462 e. The van der Waals surface area contributed by atoms with Crippen molar-refractivity contribution in [3.8, 4) is 0 Å². The molecule has 0 fully saturated rings. The topological polar surface area (TPSA) is 78.9 Å². The Morgan fingerprint density at radius 1 is 0.345 bits per heavy atom. The van der Waals surface area contributed by atoms with Crippen LogP contribution in [0, 0.1) is 17.8 Å². The highest BCUT2D eigenvalue weighted by molar-refractivity contribution is 5.71. The molecule has 6 heteroatoms. The molecule has 58 heavy (non-hydrogen) atoms. The Hall–Kier alpha value is -1.59. The van der Waals surface area contributed by atoms with Gasteiger partial charge < -0.3 is 14.2 Å². The number of rotatable bonds is 45. The van der Waals surface area contributed by atoms with E-state index in [1.54, 1.807) is 0 Å². The Bertz CT molecular complexity index is 902. The summed E-state index contributed by atoms with van der Waals surface area (Å²) >= 11 is 0. The van der Waals surface area contributed by atoms with Gasteiger partial charge in [0.1, 0.15) is 13.2 Å². The molecule has 0 amide bonds. The fraction of sp³-hybridized carbons (Fsp3) is 0.942. The molecule has 0 N–H and O–H groups in total. The minimum atomic E-state index is -0.763. The van der Waals surface area contributed by atoms with Crippen molar-refractivity contribution in [2.24, 2.45) is 17.8 Å². The first-order valence-electron chi connectivity index (χ1n) is 25.7. The van der Waals surface area contributed by atoms with Crippen molar-refractivity contribution >= 4 is 17.9 Å². The zero-order chi connectivity index (χ0) is 42.7. The normalized spacial score (nSPS) is 13.1. The van der Waals surface area contributed by atoms with E-state index < -0.39 is 6.10 Å². The summed E-state index contributed by atoms with van der Waals surface area (Å²) in [4.78, 5) is 37.9. The van der Waals surface area contributed by atoms with Gasteiger partial charge in [0.05, 0.1) is 0 Å². The molecule has 344 valence electrons. The predicted molar refractivity (Wildman–Crippen MR) is 247 cm³/mol. The summed E-state index contributed by atoms with van der Waals surface area (Å²) in [5.41, 5.74) is 0. The zero-order valence-electron chi connectivity index (χ0n) is 39.8. The van der Waals surface area contributed by atoms with Crippen molar-refractivity contribution in [2.75, 3.05) is 13.2 Å². The van der Waals surface area contributed by atoms with Crippen molar-refractivity contribution in [3.05, 3.63) is 0 Å². The summed E-state index contributed by atoms with van der Waals surface area (Å²) in [6.45, 7) is 13.7. The van der Waals surface area contributed by atoms with E-state index in [9.17, 15) is 14.4 Å². The number of ether oxygens (including phenoxy) is 3. The number of unbranched alkanes of at least 4 members (excludes halogenated alkanes) is 26. The van der Waals surface area contributed by atoms with E-state index in [2.05, 4.69) is 41.5 Å². The van der Waals surface area contributed by atoms with Crippen molar-refractivity contribution in [3.63, 3.8) is 0 Å². The van der Waals surface area contributed by atoms with E-state index in [0.717, 1.165) is 75.5 Å². The quantitative estimate of drug-likeness (QED) is 0.0346. The van der Waals surface area contributed by atoms with Gasteiger partial charge in [0, 0.05) is 19.3 Å². The predicted octanol–water partition coefficient (Wildman–Crippen LogP) is 16.4. The SMILES string of the molecule is CCC(C)CCCCCCCCCCCCCCCCC(=O)OC[C@@H](COC(=O)CCCCCCCCC(C)CC)OC(=O)CCCCCCCCCCCC(C)C. The standard InChI is InChI=1S/C52H100O6/c1-7-47(5)39-33-27-21-17-13-11-9-10-12-14-18-22-29-35-41-50(53)56-44-49(45-57-51(54)42-36-30-25-24-28-34-40-48(6)8-2)58-52(55)43-37-31-23-19-15-16-20-26-32-38-46(3)4/h46-49H,7-45H2,1-6H3/t47?,48?,49-/m0/s1. The summed E-state index contributed by atoms with van der Waals surface area (Å²) in [6.07, 6.45) is 42.3. The molecule has 0 aliphatic heterocycles. The molecule has 0 bridgehead atoms. The highest BCUT2D eigenvalue weighted by Crippen LogP contribution is 2.18. The maximum absolute atomic E-state index is 12.8. The molecule has 0 aromatic heterocycles. The second kappa shape index (κ2) is 43.5. The molecule has 0 spiro atoms. The molecule has 3 atom stereocenters. The minimum Gasteiger partial charge on any atom is -0.462 e. The number of hydrogen-bond acceptors (Lipinski definition) is 6. The van der Waals surface area contributed by atoms with Gasteiger partial charge in [0.15, 0.2) is 6.10 Å². The van der Waals surface area contributed by atoms with E-state index in [1.807, 2.05) is 0 Å². The first kappa shape index (κ1) is 56.4. The third-order valence-corrected chi connectivity index (χ3v) is 12.4. The summed E-state index contributed by atoms with van der Waals surface area (Å²) in [6, 6.07) is 0. The second-order valence-electron chi connectivity index (χ2n) is 18.8. The van der Waals surface area contributed by atoms with Crippen molar-refractivity contribution in [1.29, 1.82) is 0 Å². The lowest BCUT2D eigenvalue weighted by molar-refractivity contribution is -0.167. The van der Waals surface area contributed by atoms with Crippen molar-refractivity contribution in [1.82, 2.24) is 0 Å². The van der Waals surface area contributed by atoms with Crippen LogP contribution in [0.3, 0.4) is 0 Å². The maximum Gasteiger partial charge on any atom is 0.306 e. The minimum absolute atomic E-state index is 0.0656. The smallest absolute Gasteiger partial charge is 0.306 e. The van der Waals surface area contributed by atoms with Crippen LogP contribution in [0.1, 0.15) is 279 Å². The summed E-state index contributed by atoms with van der Waals surface area (Å²) < 4.78 is 16.8. The lowest BCUT2D eigenvalue weighted by Gasteiger charge is -2.18. The third kappa shape index (κ3) is 42.5. The Morgan fingerprint density at radius 2 is 0.603 bits per heavy atom. The molecule has 0 radical (unpaired) electrons. The molecular formula is C52H100O6. The summed E-state index contributed by atoms with van der Waals surface area (Å²) in [5, 5.41) is 0. The van der Waals surface area contributed by atoms with E-state index in [4.69, 9.17) is 14.2 Å². The van der Waals surface area contributed by atoms with Crippen molar-refractivity contribution < 1.29 is 28.6 Å². The Balaban J connectivity index is 4.27. The van der Waals surface area contributed by atoms with Gasteiger partial charge in [-0.05, 0) is 37.0 Å². The number of carbonyl (C=O) groups excluding carboxylic acids is 3. The van der Waals surface area contributed by atoms with Crippen LogP contribution in [0.4, 0.5) is 0 Å². The molecule has 0 saturated heterocycles. The zero-order valence-corrected chi connectivity index (χ0v) is 39.8. The summed E-state index contributed by atoms with van der Waals surface area (Å²) in [5.74, 6) is 1.66. The van der Waals surface area contributed by atoms with Crippen LogP contribution < -0.4 is 0 Å². The Morgan fingerprint density at radius 3 is 0.897 bits per heavy atom. The molecule has 0 saturated carbocycles. The molecule has 0 heterocycles. The molecule has 0 aromatic rings. The first-order chi connectivity index (χ1) is 28.2. The van der Waals surface area contributed by atoms with Crippen LogP contribution in [0.5, 0.6) is 0 Å². The van der Waals surface area contributed by atoms with Crippen LogP contribution >= 0.6 is 0 Å². The number of hydrogen-bond donors (Lipinski definition) is 0. The lowest BCUT2D eigenvalue weighted by Crippen LogP contribution is -2.30. The van der Waals surface area contributed by atoms with Crippen LogP contribution in [0.25, 0.3) is 0 Å². The number of esters is 3. The molecule has 0 aliphatic carbocycles. The molecule has 6 nitrogen and oxygen atoms in total. The van der Waals surface area contributed by atoms with Crippen molar-refractivity contribution in [2.45, 2.75) is 285 Å². The van der Waals surface area contributed by atoms with Gasteiger partial charge in [-0.25, -0.2) is 0 Å². The van der Waals surface area contributed by atoms with Crippen LogP contribution in [-0.4, -0.2) is 37.2 Å². The fourth-order valence-electron chi connectivity index (χ4n) is 7.70. The van der Waals surface area contributed by atoms with Gasteiger partial charge >= 0.3 is 17.9 Å². The monoisotopic (exact) mass is 821 g/mol. The third-order valence-electron chi connectivity index (χ3n) is 12.4. The molecule has 0 rings (SSSR count). The second-order valence-corrected chi connectivity index (χ2v) is 18.8. The fourth-order valence-corrected chi connectivity index (χ4v) is 7.70. The average molecular weight is 821 g/mol. The van der Waals surface area contributed by atoms with E-state index in [-0.39, 0.29) is 31.1 Å². The van der Waals surface area contributed by atoms with Gasteiger partial charge in [0.2, 0.25) is 0 Å². The van der Waals surface area contributed by atoms with Gasteiger partial charge in [-0.3, -0.25) is 14.4 Å². The van der Waals surface area contributed by atoms with Gasteiger partial charge in [-0.1, -0.05) is 241 Å². The van der Waals surface area contributed by atoms with E-state index >= 15 is 0 Å². The van der Waals surface area contributed by atoms with Crippen LogP contribution in [-0.2, 0) is 28.6 Å². The van der Waals surface area contributed by atoms with Gasteiger partial charge in [0.25, 0.3) is 0 Å². The highest BCUT2D eigenvalue weighted by atomic mass is 16.6. The highest BCUT2D eigenvalue weighted by Gasteiger charge is 2.19. The molecular weight excluding hydrogens is 721 g/mol. The molecule has 0 aliphatic rings. The maximum atomic E-state index is 12.8. The molecule has 0 aromatic carbocycles. The Labute approximate surface area is 361 Å². The molecule has 2 unspecified atom stereocenters. The van der Waals surface area contributed by atoms with Gasteiger partial charge in [-0.2, -0.15) is 0 Å². The first-order valence-corrected chi connectivity index (χ1v) is 25.7. The van der Waals surface area contributed by atoms with E-state index in [1.165, 1.54) is 161 Å².